The van der Waals surface area contributed by atoms with Crippen molar-refractivity contribution in [3.63, 3.8) is 0 Å². The highest BCUT2D eigenvalue weighted by Gasteiger charge is 2.33. The molecule has 0 bridgehead atoms. The van der Waals surface area contributed by atoms with E-state index in [1.807, 2.05) is 0 Å². The van der Waals surface area contributed by atoms with Gasteiger partial charge in [-0.1, -0.05) is 54.6 Å². The summed E-state index contributed by atoms with van der Waals surface area (Å²) < 4.78 is 174. The topological polar surface area (TPSA) is 38.7 Å². The van der Waals surface area contributed by atoms with E-state index in [1.165, 1.54) is 18.2 Å². The lowest BCUT2D eigenvalue weighted by Gasteiger charge is -2.20. The van der Waals surface area contributed by atoms with Crippen LogP contribution in [0.25, 0.3) is 22.4 Å². The van der Waals surface area contributed by atoms with E-state index in [9.17, 15) is 43.9 Å². The lowest BCUT2D eigenvalue weighted by Crippen LogP contribution is -2.12. The Labute approximate surface area is 237 Å². The van der Waals surface area contributed by atoms with Gasteiger partial charge >= 0.3 is 0 Å². The second-order valence-electron chi connectivity index (χ2n) is 8.74. The van der Waals surface area contributed by atoms with Gasteiger partial charge in [0.2, 0.25) is 34.9 Å². The summed E-state index contributed by atoms with van der Waals surface area (Å²) >= 11 is 0. The van der Waals surface area contributed by atoms with Gasteiger partial charge < -0.3 is 0 Å². The predicted octanol–water partition coefficient (Wildman–Crippen LogP) is 8.22. The highest BCUT2D eigenvalue weighted by Crippen LogP contribution is 2.42. The van der Waals surface area contributed by atoms with Crippen molar-refractivity contribution in [1.29, 1.82) is 0 Å². The molecule has 0 atom stereocenters. The summed E-state index contributed by atoms with van der Waals surface area (Å²) in [6, 6.07) is 9.80. The average molecular weight is 627 g/mol. The zero-order valence-electron chi connectivity index (χ0n) is 21.1. The van der Waals surface area contributed by atoms with Crippen LogP contribution >= 0.6 is 0 Å². The van der Waals surface area contributed by atoms with Crippen molar-refractivity contribution in [2.75, 3.05) is 0 Å². The molecule has 224 valence electrons. The zero-order chi connectivity index (χ0) is 32.0. The first-order chi connectivity index (χ1) is 20.8. The molecule has 0 unspecified atom stereocenters. The van der Waals surface area contributed by atoms with Gasteiger partial charge in [0.25, 0.3) is 17.8 Å². The molecule has 3 nitrogen and oxygen atoms in total. The Kier molecular flexibility index (Phi) is 7.88. The fourth-order valence-electron chi connectivity index (χ4n) is 4.26. The summed E-state index contributed by atoms with van der Waals surface area (Å²) in [6.45, 7) is 0. The first kappa shape index (κ1) is 30.3. The van der Waals surface area contributed by atoms with Crippen LogP contribution in [0.1, 0.15) is 22.5 Å². The number of pyridine rings is 3. The largest absolute Gasteiger partial charge is 0.252 e. The number of benzene rings is 2. The molecule has 0 N–H and O–H groups in total. The molecule has 2 aromatic carbocycles. The lowest BCUT2D eigenvalue weighted by molar-refractivity contribution is 0.388. The van der Waals surface area contributed by atoms with Crippen LogP contribution in [0.5, 0.6) is 0 Å². The standard InChI is InChI=1S/C29H9F12N3/c30-15-18(33)24(42-27(39)21(15)36)12-9-5-4-8-11(12)14(26-20(35)17(32)23(38)29(41)44-26)13(10-6-2-1-3-7-10)25-19(34)16(31)22(37)28(40)43-25/h1-9H. The monoisotopic (exact) mass is 627 g/mol. The molecule has 0 aliphatic heterocycles. The summed E-state index contributed by atoms with van der Waals surface area (Å²) in [4.78, 5) is 9.09. The van der Waals surface area contributed by atoms with Crippen molar-refractivity contribution >= 4 is 11.1 Å². The maximum Gasteiger partial charge on any atom is 0.252 e. The third kappa shape index (κ3) is 4.93. The number of hydrogen-bond acceptors (Lipinski definition) is 3. The predicted molar refractivity (Wildman–Crippen MR) is 129 cm³/mol. The minimum Gasteiger partial charge on any atom is -0.214 e. The number of hydrogen-bond donors (Lipinski definition) is 0. The molecule has 0 radical (unpaired) electrons. The fraction of sp³-hybridized carbons (Fsp3) is 0. The second kappa shape index (κ2) is 11.5. The molecular weight excluding hydrogens is 618 g/mol. The highest BCUT2D eigenvalue weighted by atomic mass is 19.2. The van der Waals surface area contributed by atoms with Gasteiger partial charge in [0, 0.05) is 16.7 Å². The van der Waals surface area contributed by atoms with Crippen LogP contribution in [-0.2, 0) is 0 Å². The molecule has 3 aromatic heterocycles. The third-order valence-electron chi connectivity index (χ3n) is 6.19. The zero-order valence-corrected chi connectivity index (χ0v) is 21.1. The molecule has 5 aromatic rings. The Hall–Kier alpha value is -5.21. The van der Waals surface area contributed by atoms with Gasteiger partial charge in [-0.2, -0.15) is 26.3 Å². The van der Waals surface area contributed by atoms with E-state index in [1.54, 1.807) is 0 Å². The van der Waals surface area contributed by atoms with E-state index in [2.05, 4.69) is 15.0 Å². The molecule has 0 aliphatic carbocycles. The van der Waals surface area contributed by atoms with Gasteiger partial charge in [0.15, 0.2) is 17.5 Å². The molecule has 0 spiro atoms. The molecule has 5 rings (SSSR count). The lowest BCUT2D eigenvalue weighted by atomic mass is 9.86. The normalized spacial score (nSPS) is 12.0. The van der Waals surface area contributed by atoms with Crippen molar-refractivity contribution in [2.24, 2.45) is 0 Å². The SMILES string of the molecule is Fc1nc(C(=C(c2ccccc2-c2nc(F)c(F)c(F)c2F)c2nc(F)c(F)c(F)c2F)c2ccccc2)c(F)c(F)c1F. The van der Waals surface area contributed by atoms with Gasteiger partial charge in [-0.25, -0.2) is 41.3 Å². The molecule has 0 saturated carbocycles. The summed E-state index contributed by atoms with van der Waals surface area (Å²) in [7, 11) is 0. The van der Waals surface area contributed by atoms with Crippen LogP contribution in [0.4, 0.5) is 52.7 Å². The first-order valence-corrected chi connectivity index (χ1v) is 11.8. The maximum atomic E-state index is 15.4. The Morgan fingerprint density at radius 2 is 0.818 bits per heavy atom. The fourth-order valence-corrected chi connectivity index (χ4v) is 4.26. The number of aromatic nitrogens is 3. The van der Waals surface area contributed by atoms with E-state index in [0.717, 1.165) is 36.4 Å². The van der Waals surface area contributed by atoms with Gasteiger partial charge in [0.05, 0.1) is 0 Å². The quantitative estimate of drug-likeness (QED) is 0.112. The molecule has 0 amide bonds. The molecule has 0 saturated heterocycles. The Morgan fingerprint density at radius 1 is 0.386 bits per heavy atom. The van der Waals surface area contributed by atoms with Crippen LogP contribution in [0.3, 0.4) is 0 Å². The van der Waals surface area contributed by atoms with Crippen molar-refractivity contribution in [3.05, 3.63) is 147 Å². The number of nitrogens with zero attached hydrogens (tertiary/aromatic N) is 3. The molecule has 0 aliphatic rings. The van der Waals surface area contributed by atoms with Crippen molar-refractivity contribution in [2.45, 2.75) is 0 Å². The first-order valence-electron chi connectivity index (χ1n) is 11.8. The van der Waals surface area contributed by atoms with Crippen LogP contribution < -0.4 is 0 Å². The van der Waals surface area contributed by atoms with E-state index in [4.69, 9.17) is 0 Å². The van der Waals surface area contributed by atoms with E-state index in [0.29, 0.717) is 0 Å². The van der Waals surface area contributed by atoms with Crippen LogP contribution in [-0.4, -0.2) is 15.0 Å². The van der Waals surface area contributed by atoms with Crippen molar-refractivity contribution in [3.8, 4) is 11.3 Å². The third-order valence-corrected chi connectivity index (χ3v) is 6.19. The van der Waals surface area contributed by atoms with Crippen molar-refractivity contribution in [1.82, 2.24) is 15.0 Å². The summed E-state index contributed by atoms with van der Waals surface area (Å²) in [6.07, 6.45) is 0. The maximum absolute atomic E-state index is 15.4. The summed E-state index contributed by atoms with van der Waals surface area (Å²) in [5, 5.41) is 0. The Bertz CT molecular complexity index is 2000. The summed E-state index contributed by atoms with van der Waals surface area (Å²) in [5.74, 6) is -27.7. The molecule has 44 heavy (non-hydrogen) atoms. The van der Waals surface area contributed by atoms with Gasteiger partial charge in [0.1, 0.15) is 17.1 Å². The van der Waals surface area contributed by atoms with Gasteiger partial charge in [-0.3, -0.25) is 0 Å². The smallest absolute Gasteiger partial charge is 0.214 e. The minimum absolute atomic E-state index is 0.384. The molecule has 0 fully saturated rings. The molecule has 15 heteroatoms. The Morgan fingerprint density at radius 3 is 1.36 bits per heavy atom. The highest BCUT2D eigenvalue weighted by molar-refractivity contribution is 6.05. The summed E-state index contributed by atoms with van der Waals surface area (Å²) in [5.41, 5.74) is -8.46. The number of rotatable bonds is 5. The minimum atomic E-state index is -2.48. The van der Waals surface area contributed by atoms with Gasteiger partial charge in [-0.15, -0.1) is 0 Å². The van der Waals surface area contributed by atoms with E-state index >= 15 is 8.78 Å². The molecular formula is C29H9F12N3. The Balaban J connectivity index is 2.07. The number of halogens is 12. The molecule has 3 heterocycles. The van der Waals surface area contributed by atoms with E-state index in [-0.39, 0.29) is 5.56 Å². The van der Waals surface area contributed by atoms with Crippen LogP contribution in [0, 0.1) is 70.2 Å². The second-order valence-corrected chi connectivity index (χ2v) is 8.74. The van der Waals surface area contributed by atoms with Crippen LogP contribution in [0.2, 0.25) is 0 Å². The van der Waals surface area contributed by atoms with Gasteiger partial charge in [-0.05, 0) is 11.1 Å². The van der Waals surface area contributed by atoms with Crippen LogP contribution in [0.15, 0.2) is 54.6 Å². The van der Waals surface area contributed by atoms with Crippen molar-refractivity contribution < 1.29 is 52.7 Å². The average Bonchev–Trinajstić information content (AvgIpc) is 3.03. The van der Waals surface area contributed by atoms with E-state index < -0.39 is 110 Å².